The predicted octanol–water partition coefficient (Wildman–Crippen LogP) is 4.24. The monoisotopic (exact) mass is 449 g/mol. The molecule has 5 N–H and O–H groups in total. The van der Waals surface area contributed by atoms with Crippen LogP contribution in [0.3, 0.4) is 0 Å². The number of phenols is 1. The maximum Gasteiger partial charge on any atom is 0.213 e. The number of aromatic nitrogens is 1. The van der Waals surface area contributed by atoms with E-state index in [-0.39, 0.29) is 17.8 Å². The third-order valence-corrected chi connectivity index (χ3v) is 5.52. The molecule has 0 radical (unpaired) electrons. The van der Waals surface area contributed by atoms with Crippen molar-refractivity contribution in [1.82, 2.24) is 10.3 Å². The van der Waals surface area contributed by atoms with Crippen LogP contribution in [0.5, 0.6) is 11.6 Å². The maximum absolute atomic E-state index is 11.5. The molecule has 2 aromatic carbocycles. The van der Waals surface area contributed by atoms with Gasteiger partial charge in [-0.3, -0.25) is 0 Å². The van der Waals surface area contributed by atoms with Gasteiger partial charge in [-0.1, -0.05) is 45.0 Å². The largest absolute Gasteiger partial charge is 0.507 e. The van der Waals surface area contributed by atoms with Gasteiger partial charge in [-0.25, -0.2) is 4.98 Å². The lowest BCUT2D eigenvalue weighted by Gasteiger charge is -2.24. The van der Waals surface area contributed by atoms with E-state index in [4.69, 9.17) is 14.9 Å². The number of aromatic hydroxyl groups is 1. The van der Waals surface area contributed by atoms with Gasteiger partial charge in [-0.15, -0.1) is 0 Å². The number of furan rings is 1. The van der Waals surface area contributed by atoms with Crippen molar-refractivity contribution in [2.75, 3.05) is 19.7 Å². The van der Waals surface area contributed by atoms with E-state index in [1.807, 2.05) is 36.4 Å². The lowest BCUT2D eigenvalue weighted by atomic mass is 9.90. The van der Waals surface area contributed by atoms with Crippen molar-refractivity contribution < 1.29 is 19.4 Å². The fourth-order valence-corrected chi connectivity index (χ4v) is 4.02. The highest BCUT2D eigenvalue weighted by molar-refractivity contribution is 6.10. The number of aliphatic hydroxyl groups is 1. The smallest absolute Gasteiger partial charge is 0.213 e. The number of nitrogens with two attached hydrogens (primary N) is 1. The number of fused-ring (bicyclic) bond motifs is 3. The van der Waals surface area contributed by atoms with Crippen LogP contribution in [0.15, 0.2) is 53.3 Å². The topological polar surface area (TPSA) is 114 Å². The highest BCUT2D eigenvalue weighted by Gasteiger charge is 2.27. The quantitative estimate of drug-likeness (QED) is 0.318. The molecule has 2 heterocycles. The Hall–Kier alpha value is -3.13. The molecule has 0 bridgehead atoms. The molecule has 2 aromatic heterocycles. The summed E-state index contributed by atoms with van der Waals surface area (Å²) in [6, 6.07) is 10.9. The van der Waals surface area contributed by atoms with E-state index in [0.29, 0.717) is 53.1 Å². The average Bonchev–Trinajstić information content (AvgIpc) is 3.23. The molecule has 0 spiro atoms. The third-order valence-electron chi connectivity index (χ3n) is 5.52. The Balaban J connectivity index is 1.92. The Morgan fingerprint density at radius 1 is 1.18 bits per heavy atom. The Kier molecular flexibility index (Phi) is 6.56. The first-order valence-corrected chi connectivity index (χ1v) is 11.1. The van der Waals surface area contributed by atoms with E-state index >= 15 is 0 Å². The second-order valence-corrected chi connectivity index (χ2v) is 9.38. The number of benzene rings is 2. The number of ether oxygens (including phenoxy) is 1. The molecule has 0 saturated heterocycles. The number of phenolic OH excluding ortho intramolecular Hbond substituents is 1. The SMILES string of the molecule is CC(C)(C)COc1cc(C(NCCN)c2c(O)c3ccccc3c3occ(CO)c23)ccn1. The van der Waals surface area contributed by atoms with Crippen LogP contribution in [0.4, 0.5) is 0 Å². The van der Waals surface area contributed by atoms with Crippen LogP contribution < -0.4 is 15.8 Å². The van der Waals surface area contributed by atoms with Crippen LogP contribution in [-0.4, -0.2) is 34.9 Å². The summed E-state index contributed by atoms with van der Waals surface area (Å²) in [7, 11) is 0. The van der Waals surface area contributed by atoms with Gasteiger partial charge >= 0.3 is 0 Å². The normalized spacial score (nSPS) is 13.0. The van der Waals surface area contributed by atoms with E-state index < -0.39 is 6.04 Å². The minimum atomic E-state index is -0.427. The van der Waals surface area contributed by atoms with Crippen molar-refractivity contribution in [3.05, 3.63) is 65.5 Å². The minimum Gasteiger partial charge on any atom is -0.507 e. The molecule has 33 heavy (non-hydrogen) atoms. The zero-order valence-electron chi connectivity index (χ0n) is 19.3. The Bertz CT molecular complexity index is 1260. The van der Waals surface area contributed by atoms with E-state index in [1.54, 1.807) is 12.5 Å². The summed E-state index contributed by atoms with van der Waals surface area (Å²) in [6.45, 7) is 7.55. The van der Waals surface area contributed by atoms with Crippen LogP contribution >= 0.6 is 0 Å². The van der Waals surface area contributed by atoms with Gasteiger partial charge in [0.05, 0.1) is 25.5 Å². The van der Waals surface area contributed by atoms with E-state index in [9.17, 15) is 10.2 Å². The first-order chi connectivity index (χ1) is 15.8. The number of aliphatic hydroxyl groups excluding tert-OH is 1. The molecule has 1 unspecified atom stereocenters. The van der Waals surface area contributed by atoms with Gasteiger partial charge in [0.1, 0.15) is 11.3 Å². The summed E-state index contributed by atoms with van der Waals surface area (Å²) in [5.41, 5.74) is 8.53. The molecule has 0 aliphatic heterocycles. The number of hydrogen-bond donors (Lipinski definition) is 4. The van der Waals surface area contributed by atoms with Crippen molar-refractivity contribution in [3.63, 3.8) is 0 Å². The molecule has 0 saturated carbocycles. The Labute approximate surface area is 193 Å². The molecule has 4 aromatic rings. The summed E-state index contributed by atoms with van der Waals surface area (Å²) in [5.74, 6) is 0.644. The fraction of sp³-hybridized carbons (Fsp3) is 0.346. The predicted molar refractivity (Wildman–Crippen MR) is 129 cm³/mol. The second kappa shape index (κ2) is 9.39. The molecular formula is C26H31N3O4. The molecule has 7 nitrogen and oxygen atoms in total. The van der Waals surface area contributed by atoms with Gasteiger partial charge in [0.25, 0.3) is 0 Å². The lowest BCUT2D eigenvalue weighted by Crippen LogP contribution is -2.28. The average molecular weight is 450 g/mol. The van der Waals surface area contributed by atoms with Gasteiger partial charge < -0.3 is 30.4 Å². The summed E-state index contributed by atoms with van der Waals surface area (Å²) in [5, 5.41) is 27.1. The fourth-order valence-electron chi connectivity index (χ4n) is 4.02. The number of nitrogens with zero attached hydrogens (tertiary/aromatic N) is 1. The molecule has 0 aliphatic carbocycles. The summed E-state index contributed by atoms with van der Waals surface area (Å²) < 4.78 is 11.8. The van der Waals surface area contributed by atoms with E-state index in [0.717, 1.165) is 10.9 Å². The van der Waals surface area contributed by atoms with Crippen molar-refractivity contribution in [2.24, 2.45) is 11.1 Å². The minimum absolute atomic E-state index is 0.00944. The van der Waals surface area contributed by atoms with Gasteiger partial charge in [-0.2, -0.15) is 0 Å². The van der Waals surface area contributed by atoms with Crippen molar-refractivity contribution in [2.45, 2.75) is 33.4 Å². The third kappa shape index (κ3) is 4.66. The lowest BCUT2D eigenvalue weighted by molar-refractivity contribution is 0.191. The van der Waals surface area contributed by atoms with Gasteiger partial charge in [0.2, 0.25) is 5.88 Å². The van der Waals surface area contributed by atoms with Crippen LogP contribution in [0.25, 0.3) is 21.7 Å². The molecule has 1 atom stereocenters. The maximum atomic E-state index is 11.5. The molecule has 0 fully saturated rings. The van der Waals surface area contributed by atoms with E-state index in [1.165, 1.54) is 0 Å². The van der Waals surface area contributed by atoms with Crippen LogP contribution in [0, 0.1) is 5.41 Å². The standard InChI is InChI=1S/C26H31N3O4/c1-26(2,3)15-33-20-12-16(8-10-28-20)23(29-11-9-27)22-21-17(13-30)14-32-25(21)19-7-5-4-6-18(19)24(22)31/h4-8,10,12,14,23,29-31H,9,11,13,15,27H2,1-3H3. The van der Waals surface area contributed by atoms with Gasteiger partial charge in [-0.05, 0) is 17.0 Å². The number of hydrogen-bond acceptors (Lipinski definition) is 7. The number of pyridine rings is 1. The van der Waals surface area contributed by atoms with E-state index in [2.05, 4.69) is 31.1 Å². The Morgan fingerprint density at radius 2 is 1.94 bits per heavy atom. The second-order valence-electron chi connectivity index (χ2n) is 9.38. The number of nitrogens with one attached hydrogen (secondary N) is 1. The zero-order valence-corrected chi connectivity index (χ0v) is 19.3. The summed E-state index contributed by atoms with van der Waals surface area (Å²) in [4.78, 5) is 4.36. The number of rotatable bonds is 8. The molecular weight excluding hydrogens is 418 g/mol. The Morgan fingerprint density at radius 3 is 2.64 bits per heavy atom. The molecule has 0 amide bonds. The van der Waals surface area contributed by atoms with Crippen molar-refractivity contribution >= 4 is 21.7 Å². The first-order valence-electron chi connectivity index (χ1n) is 11.1. The molecule has 0 aliphatic rings. The zero-order chi connectivity index (χ0) is 23.6. The molecule has 4 rings (SSSR count). The summed E-state index contributed by atoms with van der Waals surface area (Å²) in [6.07, 6.45) is 3.24. The van der Waals surface area contributed by atoms with Gasteiger partial charge in [0.15, 0.2) is 0 Å². The van der Waals surface area contributed by atoms with Crippen LogP contribution in [0.1, 0.15) is 43.5 Å². The summed E-state index contributed by atoms with van der Waals surface area (Å²) >= 11 is 0. The van der Waals surface area contributed by atoms with Crippen molar-refractivity contribution in [1.29, 1.82) is 0 Å². The first kappa shape index (κ1) is 23.0. The van der Waals surface area contributed by atoms with Crippen molar-refractivity contribution in [3.8, 4) is 11.6 Å². The highest BCUT2D eigenvalue weighted by atomic mass is 16.5. The van der Waals surface area contributed by atoms with Gasteiger partial charge in [0, 0.05) is 52.6 Å². The van der Waals surface area contributed by atoms with Crippen LogP contribution in [-0.2, 0) is 6.61 Å². The molecule has 174 valence electrons. The van der Waals surface area contributed by atoms with Crippen LogP contribution in [0.2, 0.25) is 0 Å². The molecule has 7 heteroatoms. The highest BCUT2D eigenvalue weighted by Crippen LogP contribution is 2.44.